The van der Waals surface area contributed by atoms with Crippen molar-refractivity contribution in [2.45, 2.75) is 32.1 Å². The van der Waals surface area contributed by atoms with Gasteiger partial charge in [0, 0.05) is 30.9 Å². The zero-order valence-corrected chi connectivity index (χ0v) is 13.1. The first kappa shape index (κ1) is 14.7. The summed E-state index contributed by atoms with van der Waals surface area (Å²) in [7, 11) is 0. The minimum absolute atomic E-state index is 0. The molecule has 1 aromatic rings. The molecule has 4 heteroatoms. The fourth-order valence-electron chi connectivity index (χ4n) is 4.28. The Labute approximate surface area is 132 Å². The summed E-state index contributed by atoms with van der Waals surface area (Å²) < 4.78 is 0. The van der Waals surface area contributed by atoms with Crippen molar-refractivity contribution in [1.82, 2.24) is 4.90 Å². The molecule has 3 nitrogen and oxygen atoms in total. The SMILES string of the molecule is Cl.O=C(c1cccc2c1CCCN2)N1CC2CCCC2C1. The van der Waals surface area contributed by atoms with Gasteiger partial charge >= 0.3 is 0 Å². The fraction of sp³-hybridized carbons (Fsp3) is 0.588. The number of nitrogens with one attached hydrogen (secondary N) is 1. The third-order valence-electron chi connectivity index (χ3n) is 5.34. The third kappa shape index (κ3) is 2.52. The van der Waals surface area contributed by atoms with E-state index in [1.807, 2.05) is 12.1 Å². The molecule has 1 saturated carbocycles. The van der Waals surface area contributed by atoms with Crippen LogP contribution in [0.1, 0.15) is 41.6 Å². The number of nitrogens with zero attached hydrogens (tertiary/aromatic N) is 1. The number of rotatable bonds is 1. The van der Waals surface area contributed by atoms with E-state index >= 15 is 0 Å². The highest BCUT2D eigenvalue weighted by Crippen LogP contribution is 2.38. The Bertz CT molecular complexity index is 534. The number of hydrogen-bond donors (Lipinski definition) is 1. The lowest BCUT2D eigenvalue weighted by Gasteiger charge is -2.24. The predicted octanol–water partition coefficient (Wildman–Crippen LogP) is 3.34. The maximum absolute atomic E-state index is 12.8. The summed E-state index contributed by atoms with van der Waals surface area (Å²) in [5.41, 5.74) is 3.34. The lowest BCUT2D eigenvalue weighted by molar-refractivity contribution is 0.0779. The average molecular weight is 307 g/mol. The van der Waals surface area contributed by atoms with Crippen LogP contribution in [0.15, 0.2) is 18.2 Å². The third-order valence-corrected chi connectivity index (χ3v) is 5.34. The quantitative estimate of drug-likeness (QED) is 0.863. The van der Waals surface area contributed by atoms with Crippen LogP contribution in [0, 0.1) is 11.8 Å². The van der Waals surface area contributed by atoms with Crippen LogP contribution in [0.25, 0.3) is 0 Å². The highest BCUT2D eigenvalue weighted by molar-refractivity contribution is 5.97. The molecule has 1 saturated heterocycles. The Hall–Kier alpha value is -1.22. The van der Waals surface area contributed by atoms with Gasteiger partial charge in [-0.1, -0.05) is 12.5 Å². The van der Waals surface area contributed by atoms with E-state index in [0.29, 0.717) is 0 Å². The van der Waals surface area contributed by atoms with E-state index in [-0.39, 0.29) is 18.3 Å². The Kier molecular flexibility index (Phi) is 4.12. The molecule has 0 aromatic heterocycles. The first-order valence-corrected chi connectivity index (χ1v) is 7.98. The molecule has 1 N–H and O–H groups in total. The summed E-state index contributed by atoms with van der Waals surface area (Å²) in [4.78, 5) is 15.0. The second-order valence-electron chi connectivity index (χ2n) is 6.52. The van der Waals surface area contributed by atoms with E-state index in [2.05, 4.69) is 16.3 Å². The van der Waals surface area contributed by atoms with Crippen molar-refractivity contribution in [2.24, 2.45) is 11.8 Å². The Morgan fingerprint density at radius 1 is 1.14 bits per heavy atom. The highest BCUT2D eigenvalue weighted by Gasteiger charge is 2.38. The van der Waals surface area contributed by atoms with Gasteiger partial charge in [-0.25, -0.2) is 0 Å². The first-order valence-electron chi connectivity index (χ1n) is 7.98. The number of halogens is 1. The zero-order chi connectivity index (χ0) is 13.5. The van der Waals surface area contributed by atoms with Gasteiger partial charge in [-0.15, -0.1) is 12.4 Å². The molecule has 114 valence electrons. The van der Waals surface area contributed by atoms with Crippen molar-refractivity contribution in [3.8, 4) is 0 Å². The lowest BCUT2D eigenvalue weighted by Crippen LogP contribution is -2.31. The highest BCUT2D eigenvalue weighted by atomic mass is 35.5. The summed E-state index contributed by atoms with van der Waals surface area (Å²) >= 11 is 0. The van der Waals surface area contributed by atoms with Gasteiger partial charge in [-0.05, 0) is 55.2 Å². The molecule has 21 heavy (non-hydrogen) atoms. The van der Waals surface area contributed by atoms with E-state index < -0.39 is 0 Å². The van der Waals surface area contributed by atoms with Crippen LogP contribution in [0.2, 0.25) is 0 Å². The minimum Gasteiger partial charge on any atom is -0.385 e. The second-order valence-corrected chi connectivity index (χ2v) is 6.52. The standard InChI is InChI=1S/C17H22N2O.ClH/c20-17(19-10-12-4-1-5-13(12)11-19)15-6-2-8-16-14(15)7-3-9-18-16;/h2,6,8,12-13,18H,1,3-5,7,9-11H2;1H. The molecule has 1 aromatic carbocycles. The van der Waals surface area contributed by atoms with Crippen LogP contribution in [0.4, 0.5) is 5.69 Å². The molecule has 0 radical (unpaired) electrons. The largest absolute Gasteiger partial charge is 0.385 e. The van der Waals surface area contributed by atoms with E-state index in [4.69, 9.17) is 0 Å². The van der Waals surface area contributed by atoms with E-state index in [9.17, 15) is 4.79 Å². The second kappa shape index (κ2) is 5.88. The zero-order valence-electron chi connectivity index (χ0n) is 12.3. The first-order chi connectivity index (χ1) is 9.83. The van der Waals surface area contributed by atoms with Crippen molar-refractivity contribution in [2.75, 3.05) is 25.0 Å². The number of amides is 1. The fourth-order valence-corrected chi connectivity index (χ4v) is 4.28. The number of anilines is 1. The molecule has 2 aliphatic heterocycles. The molecule has 1 amide bonds. The predicted molar refractivity (Wildman–Crippen MR) is 87.2 cm³/mol. The van der Waals surface area contributed by atoms with E-state index in [0.717, 1.165) is 49.9 Å². The van der Waals surface area contributed by atoms with Gasteiger partial charge in [-0.2, -0.15) is 0 Å². The van der Waals surface area contributed by atoms with Crippen LogP contribution in [-0.2, 0) is 6.42 Å². The number of carbonyl (C=O) groups excluding carboxylic acids is 1. The number of benzene rings is 1. The van der Waals surface area contributed by atoms with Crippen LogP contribution in [-0.4, -0.2) is 30.4 Å². The monoisotopic (exact) mass is 306 g/mol. The van der Waals surface area contributed by atoms with Crippen molar-refractivity contribution in [3.63, 3.8) is 0 Å². The van der Waals surface area contributed by atoms with E-state index in [1.54, 1.807) is 0 Å². The molecule has 1 aliphatic carbocycles. The van der Waals surface area contributed by atoms with Gasteiger partial charge in [0.2, 0.25) is 0 Å². The topological polar surface area (TPSA) is 32.3 Å². The number of carbonyl (C=O) groups is 1. The smallest absolute Gasteiger partial charge is 0.254 e. The molecule has 4 rings (SSSR count). The van der Waals surface area contributed by atoms with Crippen LogP contribution in [0.5, 0.6) is 0 Å². The molecule has 0 bridgehead atoms. The van der Waals surface area contributed by atoms with Crippen molar-refractivity contribution in [1.29, 1.82) is 0 Å². The van der Waals surface area contributed by atoms with Crippen LogP contribution in [0.3, 0.4) is 0 Å². The molecular weight excluding hydrogens is 284 g/mol. The molecular formula is C17H23ClN2O. The molecule has 2 atom stereocenters. The number of likely N-dealkylation sites (tertiary alicyclic amines) is 1. The summed E-state index contributed by atoms with van der Waals surface area (Å²) in [6.07, 6.45) is 6.17. The van der Waals surface area contributed by atoms with Crippen LogP contribution < -0.4 is 5.32 Å². The Balaban J connectivity index is 0.00000132. The molecule has 2 heterocycles. The number of fused-ring (bicyclic) bond motifs is 2. The Morgan fingerprint density at radius 2 is 1.90 bits per heavy atom. The summed E-state index contributed by atoms with van der Waals surface area (Å²) in [6, 6.07) is 6.13. The van der Waals surface area contributed by atoms with Crippen molar-refractivity contribution < 1.29 is 4.79 Å². The average Bonchev–Trinajstić information content (AvgIpc) is 3.07. The number of hydrogen-bond acceptors (Lipinski definition) is 2. The Morgan fingerprint density at radius 3 is 2.67 bits per heavy atom. The minimum atomic E-state index is 0. The van der Waals surface area contributed by atoms with Gasteiger partial charge in [0.05, 0.1) is 0 Å². The van der Waals surface area contributed by atoms with Gasteiger partial charge in [0.25, 0.3) is 5.91 Å². The maximum Gasteiger partial charge on any atom is 0.254 e. The molecule has 0 spiro atoms. The van der Waals surface area contributed by atoms with Gasteiger partial charge in [0.1, 0.15) is 0 Å². The van der Waals surface area contributed by atoms with Gasteiger partial charge < -0.3 is 10.2 Å². The molecule has 2 unspecified atom stereocenters. The molecule has 3 aliphatic rings. The maximum atomic E-state index is 12.8. The summed E-state index contributed by atoms with van der Waals surface area (Å²) in [5, 5.41) is 3.42. The van der Waals surface area contributed by atoms with E-state index in [1.165, 1.54) is 30.5 Å². The summed E-state index contributed by atoms with van der Waals surface area (Å²) in [5.74, 6) is 1.81. The molecule has 2 fully saturated rings. The van der Waals surface area contributed by atoms with Crippen molar-refractivity contribution >= 4 is 24.0 Å². The normalized spacial score (nSPS) is 26.6. The van der Waals surface area contributed by atoms with Crippen LogP contribution >= 0.6 is 12.4 Å². The lowest BCUT2D eigenvalue weighted by atomic mass is 9.97. The van der Waals surface area contributed by atoms with Gasteiger partial charge in [-0.3, -0.25) is 4.79 Å². The summed E-state index contributed by atoms with van der Waals surface area (Å²) in [6.45, 7) is 3.00. The van der Waals surface area contributed by atoms with Crippen molar-refractivity contribution in [3.05, 3.63) is 29.3 Å². The van der Waals surface area contributed by atoms with Gasteiger partial charge in [0.15, 0.2) is 0 Å².